The molecule has 8 heteroatoms. The predicted molar refractivity (Wildman–Crippen MR) is 128 cm³/mol. The molecule has 2 atom stereocenters. The zero-order valence-corrected chi connectivity index (χ0v) is 20.0. The van der Waals surface area contributed by atoms with Crippen LogP contribution < -0.4 is 5.32 Å². The van der Waals surface area contributed by atoms with Crippen molar-refractivity contribution in [1.82, 2.24) is 9.97 Å². The van der Waals surface area contributed by atoms with Crippen molar-refractivity contribution < 1.29 is 14.3 Å². The average molecular weight is 484 g/mol. The fraction of sp³-hybridized carbons (Fsp3) is 0.360. The average Bonchev–Trinajstić information content (AvgIpc) is 3.15. The molecule has 1 heterocycles. The van der Waals surface area contributed by atoms with Gasteiger partial charge in [0.15, 0.2) is 0 Å². The number of fused-ring (bicyclic) bond motifs is 6. The topological polar surface area (TPSA) is 81.2 Å². The van der Waals surface area contributed by atoms with Gasteiger partial charge in [-0.1, -0.05) is 37.0 Å². The molecule has 0 radical (unpaired) electrons. The maximum Gasteiger partial charge on any atom is 0.338 e. The second-order valence-electron chi connectivity index (χ2n) is 9.18. The summed E-state index contributed by atoms with van der Waals surface area (Å²) in [6.07, 6.45) is 1.54. The number of anilines is 1. The summed E-state index contributed by atoms with van der Waals surface area (Å²) in [4.78, 5) is 35.5. The number of carbonyl (C=O) groups is 2. The number of rotatable bonds is 4. The van der Waals surface area contributed by atoms with Crippen molar-refractivity contribution in [3.05, 3.63) is 63.4 Å². The molecule has 3 aromatic rings. The molecule has 5 rings (SSSR count). The van der Waals surface area contributed by atoms with Gasteiger partial charge in [0.2, 0.25) is 5.91 Å². The number of ether oxygens (including phenoxy) is 1. The molecule has 1 aromatic heterocycles. The Balaban J connectivity index is 1.54. The Hall–Kier alpha value is -2.70. The molecule has 0 spiro atoms. The molecule has 0 saturated heterocycles. The van der Waals surface area contributed by atoms with E-state index in [-0.39, 0.29) is 23.2 Å². The molecule has 0 aliphatic heterocycles. The van der Waals surface area contributed by atoms with Crippen molar-refractivity contribution >= 4 is 51.8 Å². The lowest BCUT2D eigenvalue weighted by molar-refractivity contribution is -0.124. The standard InChI is InChI=1S/C25H23Cl2N3O3/c1-4-33-22(31)13-5-7-14(8-6-13)28-23(32)25-10-9-15(24(25,2)3)20-21(25)30-19-12-17(27)16(26)11-18(19)29-20/h5-8,11-12,15H,4,9-10H2,1-3H3,(H,28,32). The highest BCUT2D eigenvalue weighted by Crippen LogP contribution is 2.67. The first-order valence-corrected chi connectivity index (χ1v) is 11.7. The molecular formula is C25H23Cl2N3O3. The number of nitrogens with zero attached hydrogens (tertiary/aromatic N) is 2. The van der Waals surface area contributed by atoms with Crippen molar-refractivity contribution in [2.75, 3.05) is 11.9 Å². The van der Waals surface area contributed by atoms with Gasteiger partial charge in [0, 0.05) is 11.6 Å². The molecule has 2 aliphatic carbocycles. The number of amides is 1. The van der Waals surface area contributed by atoms with Crippen LogP contribution in [-0.4, -0.2) is 28.5 Å². The number of nitrogens with one attached hydrogen (secondary N) is 1. The largest absolute Gasteiger partial charge is 0.462 e. The maximum atomic E-state index is 13.8. The third-order valence-electron chi connectivity index (χ3n) is 7.29. The van der Waals surface area contributed by atoms with Gasteiger partial charge in [0.25, 0.3) is 0 Å². The quantitative estimate of drug-likeness (QED) is 0.466. The fourth-order valence-electron chi connectivity index (χ4n) is 5.52. The van der Waals surface area contributed by atoms with Crippen LogP contribution in [0, 0.1) is 5.41 Å². The summed E-state index contributed by atoms with van der Waals surface area (Å²) in [6, 6.07) is 10.1. The minimum Gasteiger partial charge on any atom is -0.462 e. The maximum absolute atomic E-state index is 13.8. The smallest absolute Gasteiger partial charge is 0.338 e. The summed E-state index contributed by atoms with van der Waals surface area (Å²) in [5.74, 6) is -0.387. The van der Waals surface area contributed by atoms with E-state index in [0.717, 1.165) is 17.8 Å². The summed E-state index contributed by atoms with van der Waals surface area (Å²) >= 11 is 12.4. The molecule has 1 amide bonds. The zero-order valence-electron chi connectivity index (χ0n) is 18.5. The predicted octanol–water partition coefficient (Wildman–Crippen LogP) is 5.91. The van der Waals surface area contributed by atoms with Crippen molar-refractivity contribution in [3.8, 4) is 0 Å². The molecule has 2 bridgehead atoms. The SMILES string of the molecule is CCOC(=O)c1ccc(NC(=O)C23CCC(c4nc5cc(Cl)c(Cl)cc5nc42)C3(C)C)cc1. The number of halogens is 2. The van der Waals surface area contributed by atoms with Gasteiger partial charge in [0.05, 0.1) is 50.1 Å². The van der Waals surface area contributed by atoms with Crippen LogP contribution in [0.2, 0.25) is 10.0 Å². The minimum atomic E-state index is -0.819. The van der Waals surface area contributed by atoms with Crippen LogP contribution in [0.15, 0.2) is 36.4 Å². The minimum absolute atomic E-state index is 0.119. The summed E-state index contributed by atoms with van der Waals surface area (Å²) in [5, 5.41) is 3.89. The summed E-state index contributed by atoms with van der Waals surface area (Å²) < 4.78 is 5.03. The Bertz CT molecular complexity index is 1310. The van der Waals surface area contributed by atoms with Gasteiger partial charge in [-0.15, -0.1) is 0 Å². The van der Waals surface area contributed by atoms with Crippen LogP contribution in [0.25, 0.3) is 11.0 Å². The van der Waals surface area contributed by atoms with Gasteiger partial charge in [-0.2, -0.15) is 0 Å². The van der Waals surface area contributed by atoms with Crippen LogP contribution >= 0.6 is 23.2 Å². The Kier molecular flexibility index (Phi) is 5.14. The van der Waals surface area contributed by atoms with Gasteiger partial charge in [0.1, 0.15) is 0 Å². The van der Waals surface area contributed by atoms with Crippen LogP contribution in [0.4, 0.5) is 5.69 Å². The highest BCUT2D eigenvalue weighted by atomic mass is 35.5. The summed E-state index contributed by atoms with van der Waals surface area (Å²) in [5.41, 5.74) is 2.75. The normalized spacial score (nSPS) is 22.3. The molecule has 1 N–H and O–H groups in total. The van der Waals surface area contributed by atoms with Crippen LogP contribution in [0.5, 0.6) is 0 Å². The van der Waals surface area contributed by atoms with E-state index >= 15 is 0 Å². The van der Waals surface area contributed by atoms with Gasteiger partial charge in [-0.3, -0.25) is 4.79 Å². The van der Waals surface area contributed by atoms with Crippen LogP contribution in [-0.2, 0) is 14.9 Å². The lowest BCUT2D eigenvalue weighted by atomic mass is 9.67. The van der Waals surface area contributed by atoms with Gasteiger partial charge >= 0.3 is 5.97 Å². The van der Waals surface area contributed by atoms with Crippen LogP contribution in [0.1, 0.15) is 61.3 Å². The molecule has 2 aliphatic rings. The van der Waals surface area contributed by atoms with E-state index in [9.17, 15) is 9.59 Å². The second kappa shape index (κ2) is 7.67. The van der Waals surface area contributed by atoms with E-state index in [1.54, 1.807) is 43.3 Å². The lowest BCUT2D eigenvalue weighted by Crippen LogP contribution is -2.46. The van der Waals surface area contributed by atoms with E-state index in [4.69, 9.17) is 37.9 Å². The van der Waals surface area contributed by atoms with Crippen molar-refractivity contribution in [2.24, 2.45) is 5.41 Å². The summed E-state index contributed by atoms with van der Waals surface area (Å²) in [6.45, 7) is 6.29. The number of hydrogen-bond acceptors (Lipinski definition) is 5. The monoisotopic (exact) mass is 483 g/mol. The molecule has 2 unspecified atom stereocenters. The highest BCUT2D eigenvalue weighted by molar-refractivity contribution is 6.42. The second-order valence-corrected chi connectivity index (χ2v) is 10.00. The first-order valence-electron chi connectivity index (χ1n) is 10.9. The van der Waals surface area contributed by atoms with Crippen molar-refractivity contribution in [2.45, 2.75) is 44.9 Å². The van der Waals surface area contributed by atoms with Crippen molar-refractivity contribution in [1.29, 1.82) is 0 Å². The van der Waals surface area contributed by atoms with E-state index < -0.39 is 5.41 Å². The van der Waals surface area contributed by atoms with Gasteiger partial charge in [-0.05, 0) is 61.6 Å². The van der Waals surface area contributed by atoms with Crippen LogP contribution in [0.3, 0.4) is 0 Å². The van der Waals surface area contributed by atoms with E-state index in [1.165, 1.54) is 0 Å². The Morgan fingerprint density at radius 3 is 2.36 bits per heavy atom. The molecule has 1 fully saturated rings. The first kappa shape index (κ1) is 22.1. The molecule has 6 nitrogen and oxygen atoms in total. The Labute approximate surface area is 201 Å². The number of aromatic nitrogens is 2. The van der Waals surface area contributed by atoms with E-state index in [1.807, 2.05) is 0 Å². The third-order valence-corrected chi connectivity index (χ3v) is 8.01. The third kappa shape index (κ3) is 3.15. The van der Waals surface area contributed by atoms with E-state index in [0.29, 0.717) is 45.4 Å². The molecule has 170 valence electrons. The number of benzene rings is 2. The number of hydrogen-bond donors (Lipinski definition) is 1. The fourth-order valence-corrected chi connectivity index (χ4v) is 5.84. The highest BCUT2D eigenvalue weighted by Gasteiger charge is 2.67. The Morgan fingerprint density at radius 1 is 1.09 bits per heavy atom. The summed E-state index contributed by atoms with van der Waals surface area (Å²) in [7, 11) is 0. The lowest BCUT2D eigenvalue weighted by Gasteiger charge is -2.36. The van der Waals surface area contributed by atoms with Gasteiger partial charge in [-0.25, -0.2) is 14.8 Å². The molecule has 1 saturated carbocycles. The Morgan fingerprint density at radius 2 is 1.73 bits per heavy atom. The van der Waals surface area contributed by atoms with Gasteiger partial charge < -0.3 is 10.1 Å². The molecular weight excluding hydrogens is 461 g/mol. The zero-order chi connectivity index (χ0) is 23.5. The first-order chi connectivity index (χ1) is 15.7. The van der Waals surface area contributed by atoms with Crippen molar-refractivity contribution in [3.63, 3.8) is 0 Å². The van der Waals surface area contributed by atoms with E-state index in [2.05, 4.69) is 19.2 Å². The molecule has 33 heavy (non-hydrogen) atoms. The number of esters is 1. The molecule has 2 aromatic carbocycles. The number of carbonyl (C=O) groups excluding carboxylic acids is 2.